The van der Waals surface area contributed by atoms with Gasteiger partial charge in [0.05, 0.1) is 6.42 Å². The molecule has 2 N–H and O–H groups in total. The van der Waals surface area contributed by atoms with Crippen molar-refractivity contribution in [2.45, 2.75) is 13.3 Å². The molecule has 0 bridgehead atoms. The number of nitrogens with zero attached hydrogens (tertiary/aromatic N) is 1. The van der Waals surface area contributed by atoms with Crippen molar-refractivity contribution in [2.24, 2.45) is 0 Å². The first-order chi connectivity index (χ1) is 9.63. The number of amides is 2. The highest BCUT2D eigenvalue weighted by molar-refractivity contribution is 5.93. The van der Waals surface area contributed by atoms with E-state index in [2.05, 4.69) is 15.6 Å². The number of carbonyl (C=O) groups is 2. The molecule has 1 aromatic carbocycles. The molecular weight excluding hydrogens is 254 g/mol. The summed E-state index contributed by atoms with van der Waals surface area (Å²) in [6.45, 7) is 1.45. The third-order valence-electron chi connectivity index (χ3n) is 2.60. The Balaban J connectivity index is 1.93. The summed E-state index contributed by atoms with van der Waals surface area (Å²) < 4.78 is 0. The second kappa shape index (κ2) is 6.47. The topological polar surface area (TPSA) is 71.1 Å². The number of carbonyl (C=O) groups excluding carboxylic acids is 2. The molecule has 0 atom stereocenters. The van der Waals surface area contributed by atoms with Gasteiger partial charge in [-0.2, -0.15) is 0 Å². The van der Waals surface area contributed by atoms with Gasteiger partial charge in [-0.05, 0) is 42.0 Å². The van der Waals surface area contributed by atoms with E-state index in [1.807, 2.05) is 0 Å². The Morgan fingerprint density at radius 1 is 0.950 bits per heavy atom. The molecular formula is C15H15N3O2. The highest BCUT2D eigenvalue weighted by atomic mass is 16.2. The Bertz CT molecular complexity index is 594. The molecule has 0 spiro atoms. The minimum Gasteiger partial charge on any atom is -0.326 e. The second-order valence-corrected chi connectivity index (χ2v) is 4.34. The summed E-state index contributed by atoms with van der Waals surface area (Å²) in [4.78, 5) is 26.6. The molecule has 2 aromatic rings. The second-order valence-electron chi connectivity index (χ2n) is 4.34. The van der Waals surface area contributed by atoms with Crippen molar-refractivity contribution in [3.63, 3.8) is 0 Å². The summed E-state index contributed by atoms with van der Waals surface area (Å²) >= 11 is 0. The minimum absolute atomic E-state index is 0.0940. The first-order valence-corrected chi connectivity index (χ1v) is 6.20. The van der Waals surface area contributed by atoms with Gasteiger partial charge < -0.3 is 10.6 Å². The maximum atomic E-state index is 11.8. The van der Waals surface area contributed by atoms with E-state index < -0.39 is 0 Å². The van der Waals surface area contributed by atoms with Crippen LogP contribution in [0.1, 0.15) is 12.5 Å². The quantitative estimate of drug-likeness (QED) is 0.894. The molecule has 1 heterocycles. The lowest BCUT2D eigenvalue weighted by atomic mass is 10.2. The van der Waals surface area contributed by atoms with Gasteiger partial charge in [0.25, 0.3) is 0 Å². The van der Waals surface area contributed by atoms with Gasteiger partial charge in [-0.25, -0.2) is 0 Å². The fraction of sp³-hybridized carbons (Fsp3) is 0.133. The third kappa shape index (κ3) is 4.20. The fourth-order valence-electron chi connectivity index (χ4n) is 1.73. The van der Waals surface area contributed by atoms with Crippen LogP contribution in [0.2, 0.25) is 0 Å². The molecule has 0 unspecified atom stereocenters. The summed E-state index contributed by atoms with van der Waals surface area (Å²) in [6, 6.07) is 10.6. The Morgan fingerprint density at radius 3 is 2.05 bits per heavy atom. The lowest BCUT2D eigenvalue weighted by Gasteiger charge is -2.07. The van der Waals surface area contributed by atoms with Crippen molar-refractivity contribution in [3.05, 3.63) is 54.4 Å². The average Bonchev–Trinajstić information content (AvgIpc) is 2.41. The van der Waals surface area contributed by atoms with Gasteiger partial charge >= 0.3 is 0 Å². The van der Waals surface area contributed by atoms with Crippen LogP contribution in [0.5, 0.6) is 0 Å². The number of hydrogen-bond acceptors (Lipinski definition) is 3. The number of aromatic nitrogens is 1. The summed E-state index contributed by atoms with van der Waals surface area (Å²) in [5.74, 6) is -0.219. The standard InChI is InChI=1S/C15H15N3O2/c1-11(19)17-13-2-4-14(5-3-13)18-15(20)10-12-6-8-16-9-7-12/h2-9H,10H2,1H3,(H,17,19)(H,18,20). The predicted molar refractivity (Wildman–Crippen MR) is 77.3 cm³/mol. The molecule has 5 nitrogen and oxygen atoms in total. The van der Waals surface area contributed by atoms with Gasteiger partial charge in [0, 0.05) is 30.7 Å². The molecule has 0 fully saturated rings. The van der Waals surface area contributed by atoms with E-state index in [9.17, 15) is 9.59 Å². The van der Waals surface area contributed by atoms with Crippen molar-refractivity contribution in [1.82, 2.24) is 4.98 Å². The molecule has 0 saturated heterocycles. The van der Waals surface area contributed by atoms with Crippen molar-refractivity contribution in [1.29, 1.82) is 0 Å². The van der Waals surface area contributed by atoms with E-state index in [0.717, 1.165) is 5.56 Å². The van der Waals surface area contributed by atoms with E-state index in [0.29, 0.717) is 17.8 Å². The van der Waals surface area contributed by atoms with Crippen molar-refractivity contribution in [2.75, 3.05) is 10.6 Å². The lowest BCUT2D eigenvalue weighted by Crippen LogP contribution is -2.14. The van der Waals surface area contributed by atoms with Crippen LogP contribution in [0.4, 0.5) is 11.4 Å². The highest BCUT2D eigenvalue weighted by Gasteiger charge is 2.04. The maximum absolute atomic E-state index is 11.8. The minimum atomic E-state index is -0.125. The van der Waals surface area contributed by atoms with Crippen molar-refractivity contribution in [3.8, 4) is 0 Å². The summed E-state index contributed by atoms with van der Waals surface area (Å²) in [5, 5.41) is 5.47. The van der Waals surface area contributed by atoms with Crippen LogP contribution in [0.15, 0.2) is 48.8 Å². The zero-order valence-corrected chi connectivity index (χ0v) is 11.1. The van der Waals surface area contributed by atoms with E-state index >= 15 is 0 Å². The van der Waals surface area contributed by atoms with Gasteiger partial charge in [-0.1, -0.05) is 0 Å². The van der Waals surface area contributed by atoms with E-state index in [-0.39, 0.29) is 11.8 Å². The Kier molecular flexibility index (Phi) is 4.44. The molecule has 0 aliphatic carbocycles. The highest BCUT2D eigenvalue weighted by Crippen LogP contribution is 2.13. The summed E-state index contributed by atoms with van der Waals surface area (Å²) in [5.41, 5.74) is 2.30. The van der Waals surface area contributed by atoms with Gasteiger partial charge in [-0.15, -0.1) is 0 Å². The molecule has 0 saturated carbocycles. The van der Waals surface area contributed by atoms with Gasteiger partial charge in [0.15, 0.2) is 0 Å². The van der Waals surface area contributed by atoms with E-state index in [1.54, 1.807) is 48.8 Å². The summed E-state index contributed by atoms with van der Waals surface area (Å²) in [6.07, 6.45) is 3.62. The zero-order valence-electron chi connectivity index (χ0n) is 11.1. The molecule has 0 radical (unpaired) electrons. The Labute approximate surface area is 117 Å². The molecule has 2 rings (SSSR count). The lowest BCUT2D eigenvalue weighted by molar-refractivity contribution is -0.116. The van der Waals surface area contributed by atoms with Crippen LogP contribution >= 0.6 is 0 Å². The van der Waals surface area contributed by atoms with Gasteiger partial charge in [-0.3, -0.25) is 14.6 Å². The molecule has 20 heavy (non-hydrogen) atoms. The molecule has 0 aliphatic heterocycles. The van der Waals surface area contributed by atoms with Crippen molar-refractivity contribution < 1.29 is 9.59 Å². The number of nitrogens with one attached hydrogen (secondary N) is 2. The average molecular weight is 269 g/mol. The van der Waals surface area contributed by atoms with Gasteiger partial charge in [0.2, 0.25) is 11.8 Å². The summed E-state index contributed by atoms with van der Waals surface area (Å²) in [7, 11) is 0. The largest absolute Gasteiger partial charge is 0.326 e. The predicted octanol–water partition coefficient (Wildman–Crippen LogP) is 2.22. The molecule has 5 heteroatoms. The zero-order chi connectivity index (χ0) is 14.4. The normalized spacial score (nSPS) is 9.85. The number of anilines is 2. The Hall–Kier alpha value is -2.69. The molecule has 102 valence electrons. The van der Waals surface area contributed by atoms with Crippen LogP contribution in [0, 0.1) is 0 Å². The van der Waals surface area contributed by atoms with E-state index in [1.165, 1.54) is 6.92 Å². The Morgan fingerprint density at radius 2 is 1.50 bits per heavy atom. The van der Waals surface area contributed by atoms with Gasteiger partial charge in [0.1, 0.15) is 0 Å². The van der Waals surface area contributed by atoms with E-state index in [4.69, 9.17) is 0 Å². The van der Waals surface area contributed by atoms with Crippen LogP contribution in [0.25, 0.3) is 0 Å². The van der Waals surface area contributed by atoms with Crippen LogP contribution in [0.3, 0.4) is 0 Å². The number of hydrogen-bond donors (Lipinski definition) is 2. The molecule has 2 amide bonds. The number of pyridine rings is 1. The molecule has 0 aliphatic rings. The first kappa shape index (κ1) is 13.7. The SMILES string of the molecule is CC(=O)Nc1ccc(NC(=O)Cc2ccncc2)cc1. The maximum Gasteiger partial charge on any atom is 0.228 e. The van der Waals surface area contributed by atoms with Crippen LogP contribution in [-0.2, 0) is 16.0 Å². The van der Waals surface area contributed by atoms with Crippen molar-refractivity contribution >= 4 is 23.2 Å². The third-order valence-corrected chi connectivity index (χ3v) is 2.60. The van der Waals surface area contributed by atoms with Crippen LogP contribution in [-0.4, -0.2) is 16.8 Å². The van der Waals surface area contributed by atoms with Crippen LogP contribution < -0.4 is 10.6 Å². The monoisotopic (exact) mass is 269 g/mol. The molecule has 1 aromatic heterocycles. The number of benzene rings is 1. The smallest absolute Gasteiger partial charge is 0.228 e. The fourth-order valence-corrected chi connectivity index (χ4v) is 1.73. The first-order valence-electron chi connectivity index (χ1n) is 6.20. The number of rotatable bonds is 4.